The lowest BCUT2D eigenvalue weighted by Gasteiger charge is -2.10. The van der Waals surface area contributed by atoms with E-state index in [9.17, 15) is 4.79 Å². The molecule has 88 valence electrons. The third-order valence-corrected chi connectivity index (χ3v) is 3.37. The molecule has 0 aromatic rings. The third kappa shape index (κ3) is 4.20. The molecule has 1 aliphatic rings. The lowest BCUT2D eigenvalue weighted by atomic mass is 10.0. The molecule has 1 saturated carbocycles. The summed E-state index contributed by atoms with van der Waals surface area (Å²) in [6, 6.07) is 0.412. The van der Waals surface area contributed by atoms with Gasteiger partial charge in [0.15, 0.2) is 0 Å². The first-order chi connectivity index (χ1) is 6.95. The van der Waals surface area contributed by atoms with Gasteiger partial charge < -0.3 is 11.1 Å². The van der Waals surface area contributed by atoms with Gasteiger partial charge in [-0.15, -0.1) is 0 Å². The largest absolute Gasteiger partial charge is 0.353 e. The molecule has 3 N–H and O–H groups in total. The maximum atomic E-state index is 11.5. The number of amides is 1. The van der Waals surface area contributed by atoms with Crippen LogP contribution < -0.4 is 11.1 Å². The van der Waals surface area contributed by atoms with Crippen LogP contribution in [0.25, 0.3) is 0 Å². The highest BCUT2D eigenvalue weighted by molar-refractivity contribution is 5.76. The van der Waals surface area contributed by atoms with E-state index in [-0.39, 0.29) is 5.91 Å². The number of nitrogens with one attached hydrogen (secondary N) is 1. The van der Waals surface area contributed by atoms with Gasteiger partial charge in [0.25, 0.3) is 0 Å². The Morgan fingerprint density at radius 3 is 2.60 bits per heavy atom. The molecule has 0 aliphatic heterocycles. The van der Waals surface area contributed by atoms with Crippen LogP contribution in [0.2, 0.25) is 0 Å². The number of nitrogens with two attached hydrogens (primary N) is 1. The van der Waals surface area contributed by atoms with Gasteiger partial charge in [0.2, 0.25) is 5.91 Å². The normalized spacial score (nSPS) is 24.7. The predicted molar refractivity (Wildman–Crippen MR) is 62.4 cm³/mol. The summed E-state index contributed by atoms with van der Waals surface area (Å²) in [6.07, 6.45) is 3.74. The summed E-state index contributed by atoms with van der Waals surface area (Å²) in [5.41, 5.74) is 5.79. The molecular weight excluding hydrogens is 188 g/mol. The van der Waals surface area contributed by atoms with Gasteiger partial charge in [0, 0.05) is 12.5 Å². The fraction of sp³-hybridized carbons (Fsp3) is 0.917. The quantitative estimate of drug-likeness (QED) is 0.703. The number of hydrogen-bond acceptors (Lipinski definition) is 2. The van der Waals surface area contributed by atoms with Crippen molar-refractivity contribution in [3.05, 3.63) is 0 Å². The molecular formula is C12H24N2O. The summed E-state index contributed by atoms with van der Waals surface area (Å²) >= 11 is 0. The Hall–Kier alpha value is -0.570. The molecule has 0 radical (unpaired) electrons. The van der Waals surface area contributed by atoms with E-state index < -0.39 is 0 Å². The molecule has 1 fully saturated rings. The van der Waals surface area contributed by atoms with Gasteiger partial charge in [0.1, 0.15) is 0 Å². The van der Waals surface area contributed by atoms with Crippen molar-refractivity contribution in [2.24, 2.45) is 17.1 Å². The summed E-state index contributed by atoms with van der Waals surface area (Å²) in [5.74, 6) is 0.766. The monoisotopic (exact) mass is 212 g/mol. The molecule has 0 saturated heterocycles. The summed E-state index contributed by atoms with van der Waals surface area (Å²) in [4.78, 5) is 11.5. The van der Waals surface area contributed by atoms with Gasteiger partial charge in [0.05, 0.1) is 0 Å². The Kier molecular flexibility index (Phi) is 4.14. The first-order valence-corrected chi connectivity index (χ1v) is 5.95. The fourth-order valence-corrected chi connectivity index (χ4v) is 1.79. The van der Waals surface area contributed by atoms with E-state index >= 15 is 0 Å². The van der Waals surface area contributed by atoms with Crippen molar-refractivity contribution in [1.29, 1.82) is 0 Å². The molecule has 1 rings (SSSR count). The van der Waals surface area contributed by atoms with Crippen molar-refractivity contribution in [3.63, 3.8) is 0 Å². The molecule has 1 amide bonds. The van der Waals surface area contributed by atoms with Crippen LogP contribution in [0, 0.1) is 11.3 Å². The van der Waals surface area contributed by atoms with E-state index in [1.165, 1.54) is 0 Å². The van der Waals surface area contributed by atoms with Crippen molar-refractivity contribution in [3.8, 4) is 0 Å². The highest BCUT2D eigenvalue weighted by Gasteiger charge is 2.46. The Morgan fingerprint density at radius 2 is 2.13 bits per heavy atom. The molecule has 2 atom stereocenters. The molecule has 1 aliphatic carbocycles. The average Bonchev–Trinajstić information content (AvgIpc) is 2.71. The van der Waals surface area contributed by atoms with Gasteiger partial charge in [-0.25, -0.2) is 0 Å². The SMILES string of the molecule is CC(CCN)CCC(=O)NC1CC1(C)C. The van der Waals surface area contributed by atoms with Crippen molar-refractivity contribution < 1.29 is 4.79 Å². The van der Waals surface area contributed by atoms with Crippen LogP contribution >= 0.6 is 0 Å². The number of carbonyl (C=O) groups is 1. The molecule has 3 heteroatoms. The molecule has 0 spiro atoms. The van der Waals surface area contributed by atoms with Crippen LogP contribution in [0.5, 0.6) is 0 Å². The molecule has 2 unspecified atom stereocenters. The summed E-state index contributed by atoms with van der Waals surface area (Å²) in [6.45, 7) is 7.25. The minimum absolute atomic E-state index is 0.203. The van der Waals surface area contributed by atoms with Crippen LogP contribution in [0.4, 0.5) is 0 Å². The molecule has 0 aromatic heterocycles. The van der Waals surface area contributed by atoms with Crippen molar-refractivity contribution >= 4 is 5.91 Å². The Morgan fingerprint density at radius 1 is 1.53 bits per heavy atom. The van der Waals surface area contributed by atoms with Crippen molar-refractivity contribution in [2.45, 2.75) is 52.5 Å². The average molecular weight is 212 g/mol. The smallest absolute Gasteiger partial charge is 0.220 e. The van der Waals surface area contributed by atoms with E-state index in [2.05, 4.69) is 26.1 Å². The van der Waals surface area contributed by atoms with E-state index in [4.69, 9.17) is 5.73 Å². The van der Waals surface area contributed by atoms with Crippen LogP contribution in [-0.4, -0.2) is 18.5 Å². The Labute approximate surface area is 92.8 Å². The van der Waals surface area contributed by atoms with Crippen LogP contribution in [-0.2, 0) is 4.79 Å². The maximum Gasteiger partial charge on any atom is 0.220 e. The van der Waals surface area contributed by atoms with Gasteiger partial charge in [-0.1, -0.05) is 20.8 Å². The first kappa shape index (κ1) is 12.5. The van der Waals surface area contributed by atoms with Crippen LogP contribution in [0.3, 0.4) is 0 Å². The third-order valence-electron chi connectivity index (χ3n) is 3.37. The van der Waals surface area contributed by atoms with Crippen LogP contribution in [0.1, 0.15) is 46.5 Å². The van der Waals surface area contributed by atoms with Gasteiger partial charge in [-0.3, -0.25) is 4.79 Å². The lowest BCUT2D eigenvalue weighted by molar-refractivity contribution is -0.121. The fourth-order valence-electron chi connectivity index (χ4n) is 1.79. The second-order valence-corrected chi connectivity index (χ2v) is 5.53. The van der Waals surface area contributed by atoms with E-state index in [0.29, 0.717) is 23.8 Å². The minimum atomic E-state index is 0.203. The van der Waals surface area contributed by atoms with Gasteiger partial charge >= 0.3 is 0 Å². The van der Waals surface area contributed by atoms with E-state index in [1.807, 2.05) is 0 Å². The van der Waals surface area contributed by atoms with E-state index in [0.717, 1.165) is 25.8 Å². The zero-order chi connectivity index (χ0) is 11.5. The molecule has 3 nitrogen and oxygen atoms in total. The Balaban J connectivity index is 2.09. The standard InChI is InChI=1S/C12H24N2O/c1-9(6-7-13)4-5-11(15)14-10-8-12(10,2)3/h9-10H,4-8,13H2,1-3H3,(H,14,15). The van der Waals surface area contributed by atoms with Crippen molar-refractivity contribution in [2.75, 3.05) is 6.54 Å². The number of rotatable bonds is 6. The minimum Gasteiger partial charge on any atom is -0.353 e. The summed E-state index contributed by atoms with van der Waals surface area (Å²) in [7, 11) is 0. The zero-order valence-electron chi connectivity index (χ0n) is 10.2. The molecule has 0 bridgehead atoms. The summed E-state index contributed by atoms with van der Waals surface area (Å²) in [5, 5.41) is 3.07. The lowest BCUT2D eigenvalue weighted by Crippen LogP contribution is -2.28. The molecule has 0 heterocycles. The first-order valence-electron chi connectivity index (χ1n) is 5.95. The topological polar surface area (TPSA) is 55.1 Å². The molecule has 0 aromatic carbocycles. The predicted octanol–water partition coefficient (Wildman–Crippen LogP) is 1.67. The maximum absolute atomic E-state index is 11.5. The molecule has 15 heavy (non-hydrogen) atoms. The van der Waals surface area contributed by atoms with Crippen LogP contribution in [0.15, 0.2) is 0 Å². The number of hydrogen-bond donors (Lipinski definition) is 2. The highest BCUT2D eigenvalue weighted by Crippen LogP contribution is 2.44. The van der Waals surface area contributed by atoms with Gasteiger partial charge in [-0.2, -0.15) is 0 Å². The number of carbonyl (C=O) groups excluding carboxylic acids is 1. The second-order valence-electron chi connectivity index (χ2n) is 5.53. The zero-order valence-corrected chi connectivity index (χ0v) is 10.2. The van der Waals surface area contributed by atoms with Gasteiger partial charge in [-0.05, 0) is 37.1 Å². The highest BCUT2D eigenvalue weighted by atomic mass is 16.1. The second kappa shape index (κ2) is 4.97. The summed E-state index contributed by atoms with van der Waals surface area (Å²) < 4.78 is 0. The Bertz CT molecular complexity index is 226. The van der Waals surface area contributed by atoms with Crippen molar-refractivity contribution in [1.82, 2.24) is 5.32 Å². The van der Waals surface area contributed by atoms with E-state index in [1.54, 1.807) is 0 Å².